The first kappa shape index (κ1) is 17.6. The lowest BCUT2D eigenvalue weighted by Crippen LogP contribution is -2.35. The summed E-state index contributed by atoms with van der Waals surface area (Å²) in [6, 6.07) is 14.5. The summed E-state index contributed by atoms with van der Waals surface area (Å²) in [6.45, 7) is 1.48. The number of carbonyl (C=O) groups excluding carboxylic acids is 1. The Morgan fingerprint density at radius 1 is 1.11 bits per heavy atom. The van der Waals surface area contributed by atoms with E-state index in [2.05, 4.69) is 47.2 Å². The van der Waals surface area contributed by atoms with Crippen molar-refractivity contribution in [3.8, 4) is 0 Å². The van der Waals surface area contributed by atoms with E-state index in [0.717, 1.165) is 25.8 Å². The fourth-order valence-electron chi connectivity index (χ4n) is 3.98. The van der Waals surface area contributed by atoms with Crippen LogP contribution in [0.2, 0.25) is 0 Å². The molecule has 4 rings (SSSR count). The number of amides is 1. The van der Waals surface area contributed by atoms with Crippen molar-refractivity contribution >= 4 is 5.91 Å². The van der Waals surface area contributed by atoms with Gasteiger partial charge in [-0.25, -0.2) is 0 Å². The number of benzene rings is 1. The molecule has 0 bridgehead atoms. The number of hydrogen-bond donors (Lipinski definition) is 0. The van der Waals surface area contributed by atoms with E-state index in [1.807, 2.05) is 34.0 Å². The van der Waals surface area contributed by atoms with Crippen molar-refractivity contribution in [3.05, 3.63) is 77.9 Å². The molecule has 5 heteroatoms. The van der Waals surface area contributed by atoms with Crippen LogP contribution in [0, 0.1) is 0 Å². The standard InChI is InChI=1S/C22H26N4O/c1-24-13-8-12-20(24)21-11-6-3-7-14-26(21)22(27)19-15-23-25(17-19)16-18-9-4-2-5-10-18/h2,4-5,8-10,12-13,15,17,21H,3,6-7,11,14,16H2,1H3. The van der Waals surface area contributed by atoms with Crippen LogP contribution in [0.3, 0.4) is 0 Å². The van der Waals surface area contributed by atoms with E-state index in [4.69, 9.17) is 0 Å². The summed E-state index contributed by atoms with van der Waals surface area (Å²) in [5.74, 6) is 0.0856. The molecule has 1 atom stereocenters. The van der Waals surface area contributed by atoms with Crippen molar-refractivity contribution in [2.24, 2.45) is 7.05 Å². The summed E-state index contributed by atoms with van der Waals surface area (Å²) >= 11 is 0. The zero-order valence-corrected chi connectivity index (χ0v) is 15.8. The van der Waals surface area contributed by atoms with Crippen LogP contribution < -0.4 is 0 Å². The molecule has 1 aromatic carbocycles. The van der Waals surface area contributed by atoms with Crippen molar-refractivity contribution in [3.63, 3.8) is 0 Å². The maximum absolute atomic E-state index is 13.3. The predicted octanol–water partition coefficient (Wildman–Crippen LogP) is 4.03. The minimum atomic E-state index is 0.0856. The first-order valence-electron chi connectivity index (χ1n) is 9.71. The number of rotatable bonds is 4. The molecule has 140 valence electrons. The molecule has 0 saturated carbocycles. The molecule has 1 saturated heterocycles. The second kappa shape index (κ2) is 7.82. The van der Waals surface area contributed by atoms with Crippen LogP contribution in [-0.2, 0) is 13.6 Å². The molecule has 2 aromatic heterocycles. The molecule has 0 spiro atoms. The minimum absolute atomic E-state index is 0.0856. The van der Waals surface area contributed by atoms with Crippen molar-refractivity contribution in [2.75, 3.05) is 6.54 Å². The normalized spacial score (nSPS) is 17.7. The monoisotopic (exact) mass is 362 g/mol. The van der Waals surface area contributed by atoms with Gasteiger partial charge in [0, 0.05) is 31.7 Å². The van der Waals surface area contributed by atoms with E-state index in [1.165, 1.54) is 17.7 Å². The van der Waals surface area contributed by atoms with Gasteiger partial charge in [-0.15, -0.1) is 0 Å². The van der Waals surface area contributed by atoms with Crippen molar-refractivity contribution < 1.29 is 4.79 Å². The number of likely N-dealkylation sites (tertiary alicyclic amines) is 1. The molecule has 5 nitrogen and oxygen atoms in total. The zero-order chi connectivity index (χ0) is 18.6. The summed E-state index contributed by atoms with van der Waals surface area (Å²) in [6.07, 6.45) is 10.1. The van der Waals surface area contributed by atoms with Crippen molar-refractivity contribution in [2.45, 2.75) is 38.3 Å². The SMILES string of the molecule is Cn1cccc1C1CCCCCN1C(=O)c1cnn(Cc2ccccc2)c1. The van der Waals surface area contributed by atoms with Gasteiger partial charge in [0.15, 0.2) is 0 Å². The van der Waals surface area contributed by atoms with Gasteiger partial charge in [0.1, 0.15) is 0 Å². The van der Waals surface area contributed by atoms with Gasteiger partial charge in [-0.1, -0.05) is 43.2 Å². The van der Waals surface area contributed by atoms with Gasteiger partial charge in [0.2, 0.25) is 0 Å². The van der Waals surface area contributed by atoms with Gasteiger partial charge in [-0.2, -0.15) is 5.10 Å². The Morgan fingerprint density at radius 3 is 2.74 bits per heavy atom. The van der Waals surface area contributed by atoms with Crippen LogP contribution in [0.25, 0.3) is 0 Å². The molecular weight excluding hydrogens is 336 g/mol. The van der Waals surface area contributed by atoms with Gasteiger partial charge in [0.25, 0.3) is 5.91 Å². The maximum Gasteiger partial charge on any atom is 0.257 e. The third-order valence-electron chi connectivity index (χ3n) is 5.41. The summed E-state index contributed by atoms with van der Waals surface area (Å²) in [5, 5.41) is 4.42. The highest BCUT2D eigenvalue weighted by molar-refractivity contribution is 5.94. The summed E-state index contributed by atoms with van der Waals surface area (Å²) < 4.78 is 3.98. The van der Waals surface area contributed by atoms with Gasteiger partial charge < -0.3 is 9.47 Å². The molecule has 1 aliphatic heterocycles. The second-order valence-electron chi connectivity index (χ2n) is 7.32. The Kier molecular flexibility index (Phi) is 5.10. The third kappa shape index (κ3) is 3.82. The smallest absolute Gasteiger partial charge is 0.257 e. The van der Waals surface area contributed by atoms with Crippen molar-refractivity contribution in [1.29, 1.82) is 0 Å². The molecule has 27 heavy (non-hydrogen) atoms. The van der Waals surface area contributed by atoms with Crippen molar-refractivity contribution in [1.82, 2.24) is 19.2 Å². The van der Waals surface area contributed by atoms with E-state index < -0.39 is 0 Å². The molecule has 3 aromatic rings. The number of nitrogens with zero attached hydrogens (tertiary/aromatic N) is 4. The molecular formula is C22H26N4O. The first-order valence-corrected chi connectivity index (χ1v) is 9.71. The Labute approximate surface area is 160 Å². The number of carbonyl (C=O) groups is 1. The zero-order valence-electron chi connectivity index (χ0n) is 15.8. The van der Waals surface area contributed by atoms with Crippen LogP contribution in [0.15, 0.2) is 61.1 Å². The molecule has 0 radical (unpaired) electrons. The van der Waals surface area contributed by atoms with Crippen LogP contribution in [0.1, 0.15) is 53.3 Å². The molecule has 3 heterocycles. The lowest BCUT2D eigenvalue weighted by Gasteiger charge is -2.30. The highest BCUT2D eigenvalue weighted by Crippen LogP contribution is 2.31. The lowest BCUT2D eigenvalue weighted by molar-refractivity contribution is 0.0674. The largest absolute Gasteiger partial charge is 0.353 e. The number of aryl methyl sites for hydroxylation is 1. The number of hydrogen-bond acceptors (Lipinski definition) is 2. The average molecular weight is 362 g/mol. The summed E-state index contributed by atoms with van der Waals surface area (Å²) in [7, 11) is 2.06. The van der Waals surface area contributed by atoms with E-state index >= 15 is 0 Å². The molecule has 1 aliphatic rings. The van der Waals surface area contributed by atoms with Gasteiger partial charge >= 0.3 is 0 Å². The van der Waals surface area contributed by atoms with E-state index in [1.54, 1.807) is 6.20 Å². The first-order chi connectivity index (χ1) is 13.2. The molecule has 1 unspecified atom stereocenters. The van der Waals surface area contributed by atoms with Crippen LogP contribution in [-0.4, -0.2) is 31.7 Å². The molecule has 0 N–H and O–H groups in total. The average Bonchev–Trinajstić information content (AvgIpc) is 3.25. The highest BCUT2D eigenvalue weighted by Gasteiger charge is 2.29. The summed E-state index contributed by atoms with van der Waals surface area (Å²) in [4.78, 5) is 15.3. The lowest BCUT2D eigenvalue weighted by atomic mass is 10.1. The van der Waals surface area contributed by atoms with Crippen LogP contribution >= 0.6 is 0 Å². The van der Waals surface area contributed by atoms with Gasteiger partial charge in [-0.05, 0) is 30.5 Å². The molecule has 1 fully saturated rings. The topological polar surface area (TPSA) is 43.1 Å². The Balaban J connectivity index is 1.56. The number of aromatic nitrogens is 3. The molecule has 0 aliphatic carbocycles. The quantitative estimate of drug-likeness (QED) is 0.703. The Hall–Kier alpha value is -2.82. The fraction of sp³-hybridized carbons (Fsp3) is 0.364. The Morgan fingerprint density at radius 2 is 1.96 bits per heavy atom. The predicted molar refractivity (Wildman–Crippen MR) is 105 cm³/mol. The van der Waals surface area contributed by atoms with E-state index in [-0.39, 0.29) is 11.9 Å². The maximum atomic E-state index is 13.3. The van der Waals surface area contributed by atoms with E-state index in [9.17, 15) is 4.79 Å². The summed E-state index contributed by atoms with van der Waals surface area (Å²) in [5.41, 5.74) is 3.06. The minimum Gasteiger partial charge on any atom is -0.353 e. The highest BCUT2D eigenvalue weighted by atomic mass is 16.2. The second-order valence-corrected chi connectivity index (χ2v) is 7.32. The third-order valence-corrected chi connectivity index (χ3v) is 5.41. The molecule has 1 amide bonds. The van der Waals surface area contributed by atoms with E-state index in [0.29, 0.717) is 12.1 Å². The van der Waals surface area contributed by atoms with Crippen LogP contribution in [0.4, 0.5) is 0 Å². The van der Waals surface area contributed by atoms with Gasteiger partial charge in [-0.3, -0.25) is 9.48 Å². The fourth-order valence-corrected chi connectivity index (χ4v) is 3.98. The van der Waals surface area contributed by atoms with Crippen LogP contribution in [0.5, 0.6) is 0 Å². The Bertz CT molecular complexity index is 896. The van der Waals surface area contributed by atoms with Gasteiger partial charge in [0.05, 0.1) is 24.3 Å².